The minimum absolute atomic E-state index is 0.287. The molecule has 31 heavy (non-hydrogen) atoms. The van der Waals surface area contributed by atoms with Crippen LogP contribution in [-0.2, 0) is 9.57 Å². The number of benzene rings is 1. The molecule has 0 aliphatic rings. The van der Waals surface area contributed by atoms with Crippen LogP contribution in [0.4, 0.5) is 0 Å². The van der Waals surface area contributed by atoms with Crippen LogP contribution in [0.15, 0.2) is 41.6 Å². The van der Waals surface area contributed by atoms with Crippen LogP contribution in [0.1, 0.15) is 97.1 Å². The molecule has 1 rings (SSSR count). The summed E-state index contributed by atoms with van der Waals surface area (Å²) in [4.78, 5) is 4.56. The van der Waals surface area contributed by atoms with Crippen LogP contribution in [-0.4, -0.2) is 26.2 Å². The van der Waals surface area contributed by atoms with Crippen molar-refractivity contribution in [2.75, 3.05) is 14.2 Å². The van der Waals surface area contributed by atoms with Gasteiger partial charge in [-0.1, -0.05) is 102 Å². The summed E-state index contributed by atoms with van der Waals surface area (Å²) in [6.07, 6.45) is 10.4. The number of rotatable bonds is 13. The highest BCUT2D eigenvalue weighted by Gasteiger charge is 2.09. The average molecular weight is 435 g/mol. The lowest BCUT2D eigenvalue weighted by Gasteiger charge is -2.17. The van der Waals surface area contributed by atoms with Crippen molar-refractivity contribution in [3.63, 3.8) is 0 Å². The highest BCUT2D eigenvalue weighted by atomic mass is 16.6. The van der Waals surface area contributed by atoms with Crippen molar-refractivity contribution in [2.45, 2.75) is 99.0 Å². The third-order valence-electron chi connectivity index (χ3n) is 5.19. The Balaban J connectivity index is 0. The normalized spacial score (nSPS) is 12.6. The van der Waals surface area contributed by atoms with Crippen LogP contribution in [0.3, 0.4) is 0 Å². The molecule has 180 valence electrons. The maximum atomic E-state index is 5.60. The first-order chi connectivity index (χ1) is 14.9. The van der Waals surface area contributed by atoms with Gasteiger partial charge in [-0.25, -0.2) is 0 Å². The van der Waals surface area contributed by atoms with E-state index < -0.39 is 0 Å². The van der Waals surface area contributed by atoms with Gasteiger partial charge in [-0.15, -0.1) is 0 Å². The molecule has 4 heteroatoms. The molecule has 0 spiro atoms. The van der Waals surface area contributed by atoms with Gasteiger partial charge in [0.2, 0.25) is 0 Å². The van der Waals surface area contributed by atoms with E-state index in [-0.39, 0.29) is 6.10 Å². The Labute approximate surface area is 193 Å². The number of nitrogens with two attached hydrogens (primary N) is 1. The molecule has 0 radical (unpaired) electrons. The second-order valence-electron chi connectivity index (χ2n) is 7.81. The summed E-state index contributed by atoms with van der Waals surface area (Å²) >= 11 is 0. The Kier molecular flexibility index (Phi) is 21.7. The topological polar surface area (TPSA) is 56.8 Å². The van der Waals surface area contributed by atoms with Gasteiger partial charge in [0.05, 0.1) is 6.10 Å². The Hall–Kier alpha value is -1.81. The van der Waals surface area contributed by atoms with E-state index in [1.807, 2.05) is 45.0 Å². The predicted octanol–water partition coefficient (Wildman–Crippen LogP) is 7.64. The third kappa shape index (κ3) is 16.5. The number of nitrogens with zero attached hydrogens (tertiary/aromatic N) is 1. The lowest BCUT2D eigenvalue weighted by molar-refractivity contribution is 0.120. The second-order valence-corrected chi connectivity index (χ2v) is 7.81. The Bertz CT molecular complexity index is 584. The van der Waals surface area contributed by atoms with Crippen LogP contribution in [0, 0.1) is 12.8 Å². The van der Waals surface area contributed by atoms with Gasteiger partial charge in [-0.05, 0) is 43.7 Å². The molecular formula is C27H50N2O2. The van der Waals surface area contributed by atoms with Crippen LogP contribution >= 0.6 is 0 Å². The first-order valence-electron chi connectivity index (χ1n) is 12.0. The predicted molar refractivity (Wildman–Crippen MR) is 138 cm³/mol. The zero-order chi connectivity index (χ0) is 24.1. The van der Waals surface area contributed by atoms with Gasteiger partial charge in [0, 0.05) is 12.7 Å². The molecule has 0 saturated heterocycles. The molecule has 2 N–H and O–H groups in total. The van der Waals surface area contributed by atoms with E-state index in [0.717, 1.165) is 29.9 Å². The molecule has 0 aliphatic heterocycles. The van der Waals surface area contributed by atoms with Gasteiger partial charge in [-0.2, -0.15) is 0 Å². The van der Waals surface area contributed by atoms with Crippen LogP contribution in [0.25, 0.3) is 0 Å². The van der Waals surface area contributed by atoms with E-state index in [1.165, 1.54) is 51.2 Å². The summed E-state index contributed by atoms with van der Waals surface area (Å²) < 4.78 is 5.47. The quantitative estimate of drug-likeness (QED) is 0.114. The van der Waals surface area contributed by atoms with E-state index >= 15 is 0 Å². The minimum atomic E-state index is 0.287. The van der Waals surface area contributed by atoms with E-state index in [1.54, 1.807) is 7.11 Å². The van der Waals surface area contributed by atoms with Crippen molar-refractivity contribution >= 4 is 5.84 Å². The van der Waals surface area contributed by atoms with Crippen LogP contribution in [0.5, 0.6) is 0 Å². The largest absolute Gasteiger partial charge is 0.397 e. The molecule has 2 atom stereocenters. The number of hydrogen-bond donors (Lipinski definition) is 1. The van der Waals surface area contributed by atoms with Crippen molar-refractivity contribution in [1.29, 1.82) is 0 Å². The van der Waals surface area contributed by atoms with Crippen molar-refractivity contribution in [2.24, 2.45) is 16.8 Å². The lowest BCUT2D eigenvalue weighted by Crippen LogP contribution is -2.13. The van der Waals surface area contributed by atoms with Crippen molar-refractivity contribution in [3.8, 4) is 0 Å². The molecule has 4 nitrogen and oxygen atoms in total. The van der Waals surface area contributed by atoms with Gasteiger partial charge in [0.1, 0.15) is 7.11 Å². The van der Waals surface area contributed by atoms with Gasteiger partial charge >= 0.3 is 0 Å². The first kappa shape index (κ1) is 31.4. The van der Waals surface area contributed by atoms with Crippen LogP contribution in [0.2, 0.25) is 0 Å². The monoisotopic (exact) mass is 434 g/mol. The number of methoxy groups -OCH3 is 1. The maximum Gasteiger partial charge on any atom is 0.170 e. The molecule has 2 unspecified atom stereocenters. The molecule has 0 aromatic heterocycles. The molecule has 0 amide bonds. The number of ether oxygens (including phenoxy) is 1. The van der Waals surface area contributed by atoms with Crippen molar-refractivity contribution in [1.82, 2.24) is 0 Å². The molecule has 0 saturated carbocycles. The maximum absolute atomic E-state index is 5.60. The fourth-order valence-corrected chi connectivity index (χ4v) is 3.09. The smallest absolute Gasteiger partial charge is 0.170 e. The standard InChI is InChI=1S/C16H32O.C9H12N2O.C2H6/c1-6-11-16(17-5)15(4)13-10-8-9-12-14(3)7-2;1-7-4-3-5-8(6-7)9(10)11-12-2;1-2/h14,16H,4,6-13H2,1-3,5H3;3-6H,1-2H3,(H2,10,11);1-2H3. The SMILES string of the molecule is C=C(CCCCCC(C)CC)C(CCC)OC.CC.CO/N=C(\N)c1cccc(C)c1. The van der Waals surface area contributed by atoms with Gasteiger partial charge in [0.25, 0.3) is 0 Å². The van der Waals surface area contributed by atoms with Gasteiger partial charge in [0.15, 0.2) is 5.84 Å². The van der Waals surface area contributed by atoms with Crippen LogP contribution < -0.4 is 5.73 Å². The number of hydrogen-bond acceptors (Lipinski definition) is 3. The summed E-state index contributed by atoms with van der Waals surface area (Å²) in [5.41, 5.74) is 8.93. The van der Waals surface area contributed by atoms with Crippen molar-refractivity contribution < 1.29 is 9.57 Å². The first-order valence-corrected chi connectivity index (χ1v) is 12.0. The fourth-order valence-electron chi connectivity index (χ4n) is 3.09. The Morgan fingerprint density at radius 1 is 1.10 bits per heavy atom. The zero-order valence-corrected chi connectivity index (χ0v) is 21.7. The summed E-state index contributed by atoms with van der Waals surface area (Å²) in [5, 5.41) is 3.63. The molecule has 0 bridgehead atoms. The van der Waals surface area contributed by atoms with E-state index in [9.17, 15) is 0 Å². The zero-order valence-electron chi connectivity index (χ0n) is 21.7. The molecule has 0 heterocycles. The van der Waals surface area contributed by atoms with E-state index in [0.29, 0.717) is 5.84 Å². The third-order valence-corrected chi connectivity index (χ3v) is 5.19. The summed E-state index contributed by atoms with van der Waals surface area (Å²) in [5.74, 6) is 1.30. The molecule has 1 aromatic rings. The number of oxime groups is 1. The van der Waals surface area contributed by atoms with E-state index in [4.69, 9.17) is 10.5 Å². The van der Waals surface area contributed by atoms with Crippen molar-refractivity contribution in [3.05, 3.63) is 47.5 Å². The number of aryl methyl sites for hydroxylation is 1. The summed E-state index contributed by atoms with van der Waals surface area (Å²) in [6, 6.07) is 7.79. The van der Waals surface area contributed by atoms with E-state index in [2.05, 4.69) is 37.3 Å². The number of amidine groups is 1. The van der Waals surface area contributed by atoms with Gasteiger partial charge in [-0.3, -0.25) is 0 Å². The Morgan fingerprint density at radius 2 is 1.77 bits per heavy atom. The average Bonchev–Trinajstić information content (AvgIpc) is 2.78. The Morgan fingerprint density at radius 3 is 2.29 bits per heavy atom. The summed E-state index contributed by atoms with van der Waals surface area (Å²) in [7, 11) is 3.27. The molecular weight excluding hydrogens is 384 g/mol. The molecule has 0 aliphatic carbocycles. The minimum Gasteiger partial charge on any atom is -0.397 e. The highest BCUT2D eigenvalue weighted by molar-refractivity contribution is 5.97. The second kappa shape index (κ2) is 21.4. The molecule has 1 aromatic carbocycles. The summed E-state index contributed by atoms with van der Waals surface area (Å²) in [6.45, 7) is 17.0. The number of unbranched alkanes of at least 4 members (excludes halogenated alkanes) is 2. The van der Waals surface area contributed by atoms with Gasteiger partial charge < -0.3 is 15.3 Å². The lowest BCUT2D eigenvalue weighted by atomic mass is 9.97. The highest BCUT2D eigenvalue weighted by Crippen LogP contribution is 2.19. The molecule has 0 fully saturated rings. The fraction of sp³-hybridized carbons (Fsp3) is 0.667.